The molecule has 0 aliphatic heterocycles. The number of rotatable bonds is 5. The van der Waals surface area contributed by atoms with E-state index in [0.29, 0.717) is 15.6 Å². The summed E-state index contributed by atoms with van der Waals surface area (Å²) in [4.78, 5) is 11.1. The standard InChI is InChI=1S/C12H14Cl2O4S/c1-8(5-12(15)18-2)19(16,17)7-9-6-10(13)3-4-11(9)14/h3-4,6,8H,5,7H2,1-2H3. The van der Waals surface area contributed by atoms with Gasteiger partial charge in [0.15, 0.2) is 9.84 Å². The van der Waals surface area contributed by atoms with E-state index < -0.39 is 21.1 Å². The van der Waals surface area contributed by atoms with Gasteiger partial charge < -0.3 is 4.74 Å². The highest BCUT2D eigenvalue weighted by molar-refractivity contribution is 7.91. The molecule has 1 unspecified atom stereocenters. The van der Waals surface area contributed by atoms with Crippen LogP contribution >= 0.6 is 23.2 Å². The summed E-state index contributed by atoms with van der Waals surface area (Å²) in [7, 11) is -2.28. The zero-order chi connectivity index (χ0) is 14.6. The third kappa shape index (κ3) is 4.67. The molecule has 0 radical (unpaired) electrons. The molecule has 0 bridgehead atoms. The Bertz CT molecular complexity index is 569. The minimum atomic E-state index is -3.50. The highest BCUT2D eigenvalue weighted by Gasteiger charge is 2.25. The smallest absolute Gasteiger partial charge is 0.306 e. The Hall–Kier alpha value is -0.780. The number of esters is 1. The molecule has 0 saturated heterocycles. The van der Waals surface area contributed by atoms with E-state index in [4.69, 9.17) is 23.2 Å². The predicted molar refractivity (Wildman–Crippen MR) is 75.2 cm³/mol. The number of hydrogen-bond donors (Lipinski definition) is 0. The van der Waals surface area contributed by atoms with Crippen molar-refractivity contribution in [1.29, 1.82) is 0 Å². The lowest BCUT2D eigenvalue weighted by Crippen LogP contribution is -2.23. The second-order valence-electron chi connectivity index (χ2n) is 4.13. The lowest BCUT2D eigenvalue weighted by molar-refractivity contribution is -0.140. The van der Waals surface area contributed by atoms with Crippen molar-refractivity contribution in [1.82, 2.24) is 0 Å². The van der Waals surface area contributed by atoms with Gasteiger partial charge in [-0.05, 0) is 30.7 Å². The van der Waals surface area contributed by atoms with E-state index in [2.05, 4.69) is 4.74 Å². The van der Waals surface area contributed by atoms with Gasteiger partial charge in [-0.25, -0.2) is 8.42 Å². The lowest BCUT2D eigenvalue weighted by atomic mass is 10.2. The number of methoxy groups -OCH3 is 1. The Labute approximate surface area is 122 Å². The third-order valence-corrected chi connectivity index (χ3v) is 5.37. The molecule has 7 heteroatoms. The zero-order valence-corrected chi connectivity index (χ0v) is 12.8. The van der Waals surface area contributed by atoms with Gasteiger partial charge >= 0.3 is 5.97 Å². The molecule has 0 fully saturated rings. The molecule has 0 aromatic heterocycles. The number of carbonyl (C=O) groups excluding carboxylic acids is 1. The molecule has 0 heterocycles. The van der Waals surface area contributed by atoms with Crippen molar-refractivity contribution in [2.75, 3.05) is 7.11 Å². The molecule has 1 aromatic carbocycles. The number of sulfone groups is 1. The summed E-state index contributed by atoms with van der Waals surface area (Å²) < 4.78 is 28.7. The van der Waals surface area contributed by atoms with Crippen LogP contribution in [0, 0.1) is 0 Å². The van der Waals surface area contributed by atoms with Crippen LogP contribution in [-0.4, -0.2) is 26.7 Å². The fraction of sp³-hybridized carbons (Fsp3) is 0.417. The van der Waals surface area contributed by atoms with Crippen molar-refractivity contribution < 1.29 is 17.9 Å². The Morgan fingerprint density at radius 1 is 1.37 bits per heavy atom. The van der Waals surface area contributed by atoms with Crippen LogP contribution in [-0.2, 0) is 25.1 Å². The third-order valence-electron chi connectivity index (χ3n) is 2.66. The van der Waals surface area contributed by atoms with E-state index in [1.165, 1.54) is 20.1 Å². The molecule has 1 aromatic rings. The average Bonchev–Trinajstić information content (AvgIpc) is 2.33. The molecule has 19 heavy (non-hydrogen) atoms. The molecular formula is C12H14Cl2O4S. The van der Waals surface area contributed by atoms with Gasteiger partial charge in [-0.2, -0.15) is 0 Å². The number of ether oxygens (including phenoxy) is 1. The molecule has 1 atom stereocenters. The largest absolute Gasteiger partial charge is 0.469 e. The summed E-state index contributed by atoms with van der Waals surface area (Å²) in [6, 6.07) is 4.63. The quantitative estimate of drug-likeness (QED) is 0.781. The fourth-order valence-corrected chi connectivity index (χ4v) is 3.26. The molecule has 106 valence electrons. The molecule has 0 saturated carbocycles. The van der Waals surface area contributed by atoms with E-state index in [0.717, 1.165) is 0 Å². The molecule has 0 amide bonds. The average molecular weight is 325 g/mol. The highest BCUT2D eigenvalue weighted by atomic mass is 35.5. The summed E-state index contributed by atoms with van der Waals surface area (Å²) in [5.74, 6) is -0.821. The van der Waals surface area contributed by atoms with E-state index in [1.54, 1.807) is 12.1 Å². The van der Waals surface area contributed by atoms with E-state index in [1.807, 2.05) is 0 Å². The van der Waals surface area contributed by atoms with Crippen LogP contribution in [0.15, 0.2) is 18.2 Å². The van der Waals surface area contributed by atoms with Crippen LogP contribution in [0.25, 0.3) is 0 Å². The first-order valence-corrected chi connectivity index (χ1v) is 7.95. The first-order valence-electron chi connectivity index (χ1n) is 5.48. The normalized spacial score (nSPS) is 13.1. The van der Waals surface area contributed by atoms with E-state index >= 15 is 0 Å². The van der Waals surface area contributed by atoms with Crippen molar-refractivity contribution in [3.8, 4) is 0 Å². The number of halogens is 2. The second kappa shape index (κ2) is 6.59. The summed E-state index contributed by atoms with van der Waals surface area (Å²) in [6.45, 7) is 1.46. The van der Waals surface area contributed by atoms with E-state index in [9.17, 15) is 13.2 Å². The SMILES string of the molecule is COC(=O)CC(C)S(=O)(=O)Cc1cc(Cl)ccc1Cl. The molecular weight excluding hydrogens is 311 g/mol. The van der Waals surface area contributed by atoms with E-state index in [-0.39, 0.29) is 12.2 Å². The predicted octanol–water partition coefficient (Wildman–Crippen LogP) is 2.86. The molecule has 0 aliphatic carbocycles. The molecule has 1 rings (SSSR count). The van der Waals surface area contributed by atoms with Gasteiger partial charge in [-0.3, -0.25) is 4.79 Å². The Morgan fingerprint density at radius 3 is 2.58 bits per heavy atom. The Morgan fingerprint density at radius 2 is 2.00 bits per heavy atom. The van der Waals surface area contributed by atoms with Gasteiger partial charge in [0.25, 0.3) is 0 Å². The van der Waals surface area contributed by atoms with Gasteiger partial charge in [0.05, 0.1) is 24.5 Å². The summed E-state index contributed by atoms with van der Waals surface area (Å²) >= 11 is 11.7. The summed E-state index contributed by atoms with van der Waals surface area (Å²) in [5, 5.41) is -0.0940. The van der Waals surface area contributed by atoms with Gasteiger partial charge in [0.1, 0.15) is 0 Å². The van der Waals surface area contributed by atoms with Crippen LogP contribution in [0.3, 0.4) is 0 Å². The minimum absolute atomic E-state index is 0.184. The molecule has 0 N–H and O–H groups in total. The van der Waals surface area contributed by atoms with Gasteiger partial charge in [-0.15, -0.1) is 0 Å². The van der Waals surface area contributed by atoms with Gasteiger partial charge in [-0.1, -0.05) is 23.2 Å². The van der Waals surface area contributed by atoms with Gasteiger partial charge in [0, 0.05) is 10.0 Å². The maximum atomic E-state index is 12.1. The highest BCUT2D eigenvalue weighted by Crippen LogP contribution is 2.24. The Kier molecular flexibility index (Phi) is 5.64. The van der Waals surface area contributed by atoms with Crippen molar-refractivity contribution in [3.05, 3.63) is 33.8 Å². The number of benzene rings is 1. The van der Waals surface area contributed by atoms with Crippen LogP contribution in [0.4, 0.5) is 0 Å². The maximum Gasteiger partial charge on any atom is 0.306 e. The van der Waals surface area contributed by atoms with Crippen molar-refractivity contribution in [3.63, 3.8) is 0 Å². The molecule has 0 aliphatic rings. The van der Waals surface area contributed by atoms with Crippen LogP contribution in [0.1, 0.15) is 18.9 Å². The first kappa shape index (κ1) is 16.3. The first-order chi connectivity index (χ1) is 8.76. The monoisotopic (exact) mass is 324 g/mol. The van der Waals surface area contributed by atoms with Crippen LogP contribution in [0.5, 0.6) is 0 Å². The Balaban J connectivity index is 2.90. The summed E-state index contributed by atoms with van der Waals surface area (Å²) in [5.41, 5.74) is 0.422. The lowest BCUT2D eigenvalue weighted by Gasteiger charge is -2.12. The molecule has 0 spiro atoms. The number of carbonyl (C=O) groups is 1. The van der Waals surface area contributed by atoms with Crippen LogP contribution < -0.4 is 0 Å². The maximum absolute atomic E-state index is 12.1. The topological polar surface area (TPSA) is 60.4 Å². The van der Waals surface area contributed by atoms with Crippen molar-refractivity contribution in [2.45, 2.75) is 24.3 Å². The van der Waals surface area contributed by atoms with Crippen molar-refractivity contribution >= 4 is 39.0 Å². The number of hydrogen-bond acceptors (Lipinski definition) is 4. The van der Waals surface area contributed by atoms with Gasteiger partial charge in [0.2, 0.25) is 0 Å². The summed E-state index contributed by atoms with van der Waals surface area (Å²) in [6.07, 6.45) is -0.184. The minimum Gasteiger partial charge on any atom is -0.469 e. The van der Waals surface area contributed by atoms with Crippen LogP contribution in [0.2, 0.25) is 10.0 Å². The molecule has 4 nitrogen and oxygen atoms in total. The fourth-order valence-electron chi connectivity index (χ4n) is 1.46. The zero-order valence-electron chi connectivity index (χ0n) is 10.5. The van der Waals surface area contributed by atoms with Crippen molar-refractivity contribution in [2.24, 2.45) is 0 Å². The second-order valence-corrected chi connectivity index (χ2v) is 7.40.